The fourth-order valence-corrected chi connectivity index (χ4v) is 2.92. The average Bonchev–Trinajstić information content (AvgIpc) is 2.62. The van der Waals surface area contributed by atoms with E-state index in [2.05, 4.69) is 6.07 Å². The van der Waals surface area contributed by atoms with Crippen molar-refractivity contribution >= 4 is 5.91 Å². The van der Waals surface area contributed by atoms with Gasteiger partial charge in [-0.1, -0.05) is 48.5 Å². The SMILES string of the molecule is N#CC1CCN(C(=O)c2ccccc2-c2ccccc2)CC1. The van der Waals surface area contributed by atoms with Crippen LogP contribution in [0.5, 0.6) is 0 Å². The van der Waals surface area contributed by atoms with E-state index >= 15 is 0 Å². The van der Waals surface area contributed by atoms with Crippen molar-refractivity contribution in [3.8, 4) is 17.2 Å². The Morgan fingerprint density at radius 2 is 1.64 bits per heavy atom. The average molecular weight is 290 g/mol. The van der Waals surface area contributed by atoms with E-state index in [9.17, 15) is 4.79 Å². The van der Waals surface area contributed by atoms with Crippen molar-refractivity contribution in [3.05, 3.63) is 60.2 Å². The third-order valence-electron chi connectivity index (χ3n) is 4.21. The van der Waals surface area contributed by atoms with Gasteiger partial charge in [0.25, 0.3) is 5.91 Å². The molecule has 110 valence electrons. The van der Waals surface area contributed by atoms with Crippen molar-refractivity contribution in [3.63, 3.8) is 0 Å². The molecule has 1 saturated heterocycles. The number of hydrogen-bond acceptors (Lipinski definition) is 2. The lowest BCUT2D eigenvalue weighted by atomic mass is 9.95. The van der Waals surface area contributed by atoms with Gasteiger partial charge < -0.3 is 4.90 Å². The Kier molecular flexibility index (Phi) is 4.20. The highest BCUT2D eigenvalue weighted by Gasteiger charge is 2.24. The normalized spacial score (nSPS) is 15.3. The molecule has 1 aliphatic rings. The standard InChI is InChI=1S/C19H18N2O/c20-14-15-10-12-21(13-11-15)19(22)18-9-5-4-8-17(18)16-6-2-1-3-7-16/h1-9,15H,10-13H2. The van der Waals surface area contributed by atoms with Crippen LogP contribution in [0.2, 0.25) is 0 Å². The molecule has 1 heterocycles. The summed E-state index contributed by atoms with van der Waals surface area (Å²) >= 11 is 0. The van der Waals surface area contributed by atoms with Crippen LogP contribution in [-0.4, -0.2) is 23.9 Å². The summed E-state index contributed by atoms with van der Waals surface area (Å²) in [7, 11) is 0. The van der Waals surface area contributed by atoms with Crippen LogP contribution < -0.4 is 0 Å². The summed E-state index contributed by atoms with van der Waals surface area (Å²) in [5.74, 6) is 0.157. The summed E-state index contributed by atoms with van der Waals surface area (Å²) in [6.45, 7) is 1.33. The number of hydrogen-bond donors (Lipinski definition) is 0. The third kappa shape index (κ3) is 2.87. The van der Waals surface area contributed by atoms with Gasteiger partial charge in [-0.05, 0) is 30.0 Å². The molecule has 0 radical (unpaired) electrons. The van der Waals surface area contributed by atoms with Crippen LogP contribution in [0.4, 0.5) is 0 Å². The first-order valence-electron chi connectivity index (χ1n) is 7.63. The molecule has 0 atom stereocenters. The van der Waals surface area contributed by atoms with Crippen LogP contribution in [0.15, 0.2) is 54.6 Å². The van der Waals surface area contributed by atoms with E-state index in [-0.39, 0.29) is 11.8 Å². The molecular weight excluding hydrogens is 272 g/mol. The highest BCUT2D eigenvalue weighted by Crippen LogP contribution is 2.26. The Morgan fingerprint density at radius 3 is 2.32 bits per heavy atom. The smallest absolute Gasteiger partial charge is 0.254 e. The zero-order chi connectivity index (χ0) is 15.4. The zero-order valence-electron chi connectivity index (χ0n) is 12.4. The van der Waals surface area contributed by atoms with Crippen LogP contribution in [0.25, 0.3) is 11.1 Å². The van der Waals surface area contributed by atoms with Crippen molar-refractivity contribution in [1.29, 1.82) is 5.26 Å². The van der Waals surface area contributed by atoms with E-state index in [1.807, 2.05) is 59.5 Å². The Labute approximate surface area is 130 Å². The van der Waals surface area contributed by atoms with E-state index in [1.165, 1.54) is 0 Å². The van der Waals surface area contributed by atoms with Gasteiger partial charge in [0.1, 0.15) is 0 Å². The lowest BCUT2D eigenvalue weighted by molar-refractivity contribution is 0.0708. The number of nitriles is 1. The first kappa shape index (κ1) is 14.3. The summed E-state index contributed by atoms with van der Waals surface area (Å²) in [6.07, 6.45) is 1.55. The van der Waals surface area contributed by atoms with Crippen molar-refractivity contribution < 1.29 is 4.79 Å². The Bertz CT molecular complexity index is 695. The highest BCUT2D eigenvalue weighted by molar-refractivity contribution is 6.00. The van der Waals surface area contributed by atoms with Crippen molar-refractivity contribution in [2.75, 3.05) is 13.1 Å². The third-order valence-corrected chi connectivity index (χ3v) is 4.21. The minimum atomic E-state index is 0.0656. The quantitative estimate of drug-likeness (QED) is 0.846. The topological polar surface area (TPSA) is 44.1 Å². The van der Waals surface area contributed by atoms with Crippen molar-refractivity contribution in [1.82, 2.24) is 4.90 Å². The van der Waals surface area contributed by atoms with E-state index in [1.54, 1.807) is 0 Å². The number of carbonyl (C=O) groups excluding carboxylic acids is 1. The van der Waals surface area contributed by atoms with Crippen LogP contribution in [-0.2, 0) is 0 Å². The van der Waals surface area contributed by atoms with Crippen LogP contribution in [0.3, 0.4) is 0 Å². The molecule has 3 heteroatoms. The van der Waals surface area contributed by atoms with Gasteiger partial charge in [-0.3, -0.25) is 4.79 Å². The molecule has 0 N–H and O–H groups in total. The fourth-order valence-electron chi connectivity index (χ4n) is 2.92. The maximum atomic E-state index is 12.8. The second-order valence-electron chi connectivity index (χ2n) is 5.61. The molecule has 3 nitrogen and oxygen atoms in total. The number of rotatable bonds is 2. The largest absolute Gasteiger partial charge is 0.339 e. The number of carbonyl (C=O) groups is 1. The second-order valence-corrected chi connectivity index (χ2v) is 5.61. The molecule has 0 aliphatic carbocycles. The Hall–Kier alpha value is -2.60. The Morgan fingerprint density at radius 1 is 1.00 bits per heavy atom. The second kappa shape index (κ2) is 6.44. The number of likely N-dealkylation sites (tertiary alicyclic amines) is 1. The number of piperidine rings is 1. The minimum Gasteiger partial charge on any atom is -0.339 e. The molecule has 0 spiro atoms. The van der Waals surface area contributed by atoms with Crippen LogP contribution in [0, 0.1) is 17.2 Å². The van der Waals surface area contributed by atoms with Crippen LogP contribution in [0.1, 0.15) is 23.2 Å². The molecule has 1 fully saturated rings. The predicted octanol–water partition coefficient (Wildman–Crippen LogP) is 3.73. The lowest BCUT2D eigenvalue weighted by Gasteiger charge is -2.29. The van der Waals surface area contributed by atoms with Crippen molar-refractivity contribution in [2.45, 2.75) is 12.8 Å². The van der Waals surface area contributed by atoms with Gasteiger partial charge in [0, 0.05) is 24.6 Å². The van der Waals surface area contributed by atoms with Gasteiger partial charge >= 0.3 is 0 Å². The number of nitrogens with zero attached hydrogens (tertiary/aromatic N) is 2. The lowest BCUT2D eigenvalue weighted by Crippen LogP contribution is -2.38. The molecule has 2 aromatic rings. The molecule has 1 amide bonds. The maximum Gasteiger partial charge on any atom is 0.254 e. The Balaban J connectivity index is 1.87. The first-order valence-corrected chi connectivity index (χ1v) is 7.63. The number of benzene rings is 2. The first-order chi connectivity index (χ1) is 10.8. The van der Waals surface area contributed by atoms with Gasteiger partial charge in [0.15, 0.2) is 0 Å². The monoisotopic (exact) mass is 290 g/mol. The predicted molar refractivity (Wildman–Crippen MR) is 86.1 cm³/mol. The van der Waals surface area contributed by atoms with Gasteiger partial charge in [0.05, 0.1) is 6.07 Å². The summed E-state index contributed by atoms with van der Waals surface area (Å²) < 4.78 is 0. The summed E-state index contributed by atoms with van der Waals surface area (Å²) in [5.41, 5.74) is 2.76. The molecule has 0 bridgehead atoms. The van der Waals surface area contributed by atoms with E-state index in [0.29, 0.717) is 13.1 Å². The summed E-state index contributed by atoms with van der Waals surface area (Å²) in [4.78, 5) is 14.7. The fraction of sp³-hybridized carbons (Fsp3) is 0.263. The van der Waals surface area contributed by atoms with Gasteiger partial charge in [-0.2, -0.15) is 5.26 Å². The molecule has 0 saturated carbocycles. The van der Waals surface area contributed by atoms with Crippen LogP contribution >= 0.6 is 0 Å². The minimum absolute atomic E-state index is 0.0656. The van der Waals surface area contributed by atoms with Gasteiger partial charge in [-0.15, -0.1) is 0 Å². The molecule has 0 aromatic heterocycles. The molecular formula is C19H18N2O. The van der Waals surface area contributed by atoms with Gasteiger partial charge in [0.2, 0.25) is 0 Å². The zero-order valence-corrected chi connectivity index (χ0v) is 12.4. The van der Waals surface area contributed by atoms with Gasteiger partial charge in [-0.25, -0.2) is 0 Å². The summed E-state index contributed by atoms with van der Waals surface area (Å²) in [5, 5.41) is 8.97. The maximum absolute atomic E-state index is 12.8. The van der Waals surface area contributed by atoms with E-state index in [4.69, 9.17) is 5.26 Å². The molecule has 2 aromatic carbocycles. The molecule has 1 aliphatic heterocycles. The van der Waals surface area contributed by atoms with E-state index < -0.39 is 0 Å². The van der Waals surface area contributed by atoms with E-state index in [0.717, 1.165) is 29.5 Å². The highest BCUT2D eigenvalue weighted by atomic mass is 16.2. The summed E-state index contributed by atoms with van der Waals surface area (Å²) in [6, 6.07) is 20.0. The molecule has 0 unspecified atom stereocenters. The molecule has 22 heavy (non-hydrogen) atoms. The number of amides is 1. The van der Waals surface area contributed by atoms with Crippen molar-refractivity contribution in [2.24, 2.45) is 5.92 Å². The molecule has 3 rings (SSSR count).